The molecule has 2 aromatic rings. The van der Waals surface area contributed by atoms with Crippen LogP contribution in [0, 0.1) is 5.82 Å². The molecule has 1 N–H and O–H groups in total. The van der Waals surface area contributed by atoms with Gasteiger partial charge in [-0.05, 0) is 24.3 Å². The van der Waals surface area contributed by atoms with Gasteiger partial charge in [0.05, 0.1) is 5.56 Å². The Hall–Kier alpha value is -2.14. The predicted octanol–water partition coefficient (Wildman–Crippen LogP) is 2.75. The molecule has 2 rings (SSSR count). The second-order valence-corrected chi connectivity index (χ2v) is 4.42. The zero-order valence-electron chi connectivity index (χ0n) is 9.85. The summed E-state index contributed by atoms with van der Waals surface area (Å²) in [5, 5.41) is 9.09. The van der Waals surface area contributed by atoms with Crippen LogP contribution < -0.4 is 0 Å². The fourth-order valence-electron chi connectivity index (χ4n) is 1.73. The molecule has 0 amide bonds. The molecule has 0 radical (unpaired) electrons. The molecule has 0 saturated carbocycles. The number of rotatable bonds is 3. The Labute approximate surface area is 113 Å². The Balaban J connectivity index is 2.44. The molecule has 6 heteroatoms. The summed E-state index contributed by atoms with van der Waals surface area (Å²) in [6.45, 7) is 0. The number of halogens is 2. The van der Waals surface area contributed by atoms with Gasteiger partial charge in [-0.1, -0.05) is 11.6 Å². The van der Waals surface area contributed by atoms with Crippen LogP contribution >= 0.6 is 11.6 Å². The van der Waals surface area contributed by atoms with Crippen molar-refractivity contribution in [3.05, 3.63) is 58.1 Å². The average molecular weight is 282 g/mol. The van der Waals surface area contributed by atoms with Crippen molar-refractivity contribution in [3.8, 4) is 0 Å². The van der Waals surface area contributed by atoms with Crippen molar-refractivity contribution in [3.63, 3.8) is 0 Å². The lowest BCUT2D eigenvalue weighted by atomic mass is 10.1. The highest BCUT2D eigenvalue weighted by atomic mass is 35.5. The van der Waals surface area contributed by atoms with E-state index in [2.05, 4.69) is 0 Å². The first-order valence-corrected chi connectivity index (χ1v) is 5.67. The lowest BCUT2D eigenvalue weighted by molar-refractivity contribution is 0.0686. The first-order valence-electron chi connectivity index (χ1n) is 5.29. The summed E-state index contributed by atoms with van der Waals surface area (Å²) in [6, 6.07) is 4.92. The van der Waals surface area contributed by atoms with Crippen LogP contribution in [-0.4, -0.2) is 21.4 Å². The molecule has 0 bridgehead atoms. The monoisotopic (exact) mass is 281 g/mol. The Morgan fingerprint density at radius 1 is 1.32 bits per heavy atom. The van der Waals surface area contributed by atoms with Crippen LogP contribution in [0.4, 0.5) is 4.39 Å². The molecule has 0 spiro atoms. The summed E-state index contributed by atoms with van der Waals surface area (Å²) in [7, 11) is 1.50. The maximum absolute atomic E-state index is 13.6. The Kier molecular flexibility index (Phi) is 3.40. The van der Waals surface area contributed by atoms with Crippen LogP contribution in [0.15, 0.2) is 30.5 Å². The van der Waals surface area contributed by atoms with E-state index < -0.39 is 17.6 Å². The SMILES string of the molecule is Cn1cc(C(=O)c2ccc(Cl)cc2F)cc1C(=O)O. The molecule has 0 unspecified atom stereocenters. The number of carbonyl (C=O) groups is 2. The molecule has 0 aliphatic carbocycles. The van der Waals surface area contributed by atoms with Crippen molar-refractivity contribution in [1.29, 1.82) is 0 Å². The van der Waals surface area contributed by atoms with Crippen molar-refractivity contribution >= 4 is 23.4 Å². The third kappa shape index (κ3) is 2.51. The van der Waals surface area contributed by atoms with Crippen LogP contribution in [0.25, 0.3) is 0 Å². The van der Waals surface area contributed by atoms with Gasteiger partial charge >= 0.3 is 5.97 Å². The van der Waals surface area contributed by atoms with Gasteiger partial charge in [0.2, 0.25) is 0 Å². The quantitative estimate of drug-likeness (QED) is 0.880. The lowest BCUT2D eigenvalue weighted by Gasteiger charge is -2.00. The number of hydrogen-bond acceptors (Lipinski definition) is 2. The van der Waals surface area contributed by atoms with E-state index in [0.717, 1.165) is 6.07 Å². The van der Waals surface area contributed by atoms with E-state index in [0.29, 0.717) is 0 Å². The van der Waals surface area contributed by atoms with Crippen molar-refractivity contribution in [1.82, 2.24) is 4.57 Å². The van der Waals surface area contributed by atoms with Crippen molar-refractivity contribution in [2.45, 2.75) is 0 Å². The maximum atomic E-state index is 13.6. The minimum absolute atomic E-state index is 0.0438. The van der Waals surface area contributed by atoms with E-state index >= 15 is 0 Å². The number of carboxylic acid groups (broad SMARTS) is 1. The second-order valence-electron chi connectivity index (χ2n) is 3.98. The summed E-state index contributed by atoms with van der Waals surface area (Å²) in [5.41, 5.74) is -0.0780. The summed E-state index contributed by atoms with van der Waals surface area (Å²) in [4.78, 5) is 23.0. The molecular weight excluding hydrogens is 273 g/mol. The van der Waals surface area contributed by atoms with E-state index in [-0.39, 0.29) is 21.8 Å². The zero-order chi connectivity index (χ0) is 14.2. The summed E-state index contributed by atoms with van der Waals surface area (Å²) in [5.74, 6) is -2.48. The first kappa shape index (κ1) is 13.3. The van der Waals surface area contributed by atoms with Gasteiger partial charge in [-0.3, -0.25) is 4.79 Å². The second kappa shape index (κ2) is 4.85. The molecule has 0 fully saturated rings. The van der Waals surface area contributed by atoms with E-state index in [4.69, 9.17) is 16.7 Å². The minimum atomic E-state index is -1.15. The van der Waals surface area contributed by atoms with Gasteiger partial charge in [-0.2, -0.15) is 0 Å². The normalized spacial score (nSPS) is 10.5. The van der Waals surface area contributed by atoms with E-state index in [1.54, 1.807) is 0 Å². The van der Waals surface area contributed by atoms with Gasteiger partial charge in [0.15, 0.2) is 5.78 Å². The molecule has 4 nitrogen and oxygen atoms in total. The highest BCUT2D eigenvalue weighted by Crippen LogP contribution is 2.19. The molecule has 1 aromatic carbocycles. The predicted molar refractivity (Wildman–Crippen MR) is 67.2 cm³/mol. The van der Waals surface area contributed by atoms with Crippen molar-refractivity contribution in [2.75, 3.05) is 0 Å². The number of aromatic nitrogens is 1. The van der Waals surface area contributed by atoms with Gasteiger partial charge in [0, 0.05) is 23.8 Å². The molecule has 0 aliphatic heterocycles. The third-order valence-electron chi connectivity index (χ3n) is 2.66. The van der Waals surface area contributed by atoms with Crippen molar-refractivity contribution < 1.29 is 19.1 Å². The van der Waals surface area contributed by atoms with Crippen LogP contribution in [-0.2, 0) is 7.05 Å². The molecule has 98 valence electrons. The Bertz CT molecular complexity index is 679. The van der Waals surface area contributed by atoms with Crippen LogP contribution in [0.3, 0.4) is 0 Å². The highest BCUT2D eigenvalue weighted by molar-refractivity contribution is 6.30. The molecule has 19 heavy (non-hydrogen) atoms. The number of hydrogen-bond donors (Lipinski definition) is 1. The van der Waals surface area contributed by atoms with Crippen molar-refractivity contribution in [2.24, 2.45) is 7.05 Å². The Morgan fingerprint density at radius 2 is 2.00 bits per heavy atom. The number of nitrogens with zero attached hydrogens (tertiary/aromatic N) is 1. The third-order valence-corrected chi connectivity index (χ3v) is 2.90. The number of benzene rings is 1. The van der Waals surface area contributed by atoms with Gasteiger partial charge in [-0.15, -0.1) is 0 Å². The lowest BCUT2D eigenvalue weighted by Crippen LogP contribution is -2.03. The molecule has 1 heterocycles. The average Bonchev–Trinajstić information content (AvgIpc) is 2.70. The topological polar surface area (TPSA) is 59.3 Å². The number of aromatic carboxylic acids is 1. The molecule has 0 saturated heterocycles. The van der Waals surface area contributed by atoms with Crippen LogP contribution in [0.1, 0.15) is 26.4 Å². The minimum Gasteiger partial charge on any atom is -0.477 e. The standard InChI is InChI=1S/C13H9ClFNO3/c1-16-6-7(4-11(16)13(18)19)12(17)9-3-2-8(14)5-10(9)15/h2-6H,1H3,(H,18,19). The molecule has 0 atom stereocenters. The van der Waals surface area contributed by atoms with E-state index in [9.17, 15) is 14.0 Å². The smallest absolute Gasteiger partial charge is 0.352 e. The van der Waals surface area contributed by atoms with E-state index in [1.165, 1.54) is 36.0 Å². The number of ketones is 1. The van der Waals surface area contributed by atoms with E-state index in [1.807, 2.05) is 0 Å². The summed E-state index contributed by atoms with van der Waals surface area (Å²) in [6.07, 6.45) is 1.35. The molecule has 0 aliphatic rings. The first-order chi connectivity index (χ1) is 8.90. The van der Waals surface area contributed by atoms with Crippen LogP contribution in [0.2, 0.25) is 5.02 Å². The van der Waals surface area contributed by atoms with Gasteiger partial charge in [0.25, 0.3) is 0 Å². The zero-order valence-corrected chi connectivity index (χ0v) is 10.6. The van der Waals surface area contributed by atoms with Gasteiger partial charge in [-0.25, -0.2) is 9.18 Å². The maximum Gasteiger partial charge on any atom is 0.352 e. The highest BCUT2D eigenvalue weighted by Gasteiger charge is 2.19. The van der Waals surface area contributed by atoms with Gasteiger partial charge in [0.1, 0.15) is 11.5 Å². The van der Waals surface area contributed by atoms with Gasteiger partial charge < -0.3 is 9.67 Å². The van der Waals surface area contributed by atoms with Crippen LogP contribution in [0.5, 0.6) is 0 Å². The summed E-state index contributed by atoms with van der Waals surface area (Å²) < 4.78 is 14.9. The number of aryl methyl sites for hydroxylation is 1. The largest absolute Gasteiger partial charge is 0.477 e. The molecular formula is C13H9ClFNO3. The Morgan fingerprint density at radius 3 is 2.53 bits per heavy atom. The molecule has 1 aromatic heterocycles. The number of carbonyl (C=O) groups excluding carboxylic acids is 1. The fraction of sp³-hybridized carbons (Fsp3) is 0.0769. The fourth-order valence-corrected chi connectivity index (χ4v) is 1.89. The number of carboxylic acids is 1. The summed E-state index contributed by atoms with van der Waals surface area (Å²) >= 11 is 5.61.